The number of carbonyl (C=O) groups is 1. The molecule has 0 saturated heterocycles. The number of phenols is 2. The number of phenolic OH excluding ortho intramolecular Hbond substituents is 2. The van der Waals surface area contributed by atoms with E-state index >= 15 is 0 Å². The first-order chi connectivity index (χ1) is 23.2. The van der Waals surface area contributed by atoms with Crippen molar-refractivity contribution in [1.29, 1.82) is 0 Å². The highest BCUT2D eigenvalue weighted by atomic mass is 16.6. The second-order valence-corrected chi connectivity index (χ2v) is 14.4. The van der Waals surface area contributed by atoms with Crippen LogP contribution >= 0.6 is 0 Å². The number of aryl methyl sites for hydroxylation is 1. The molecule has 5 aliphatic rings. The van der Waals surface area contributed by atoms with Crippen LogP contribution in [0.4, 0.5) is 0 Å². The third-order valence-electron chi connectivity index (χ3n) is 12.0. The summed E-state index contributed by atoms with van der Waals surface area (Å²) in [6.45, 7) is 2.40. The molecule has 4 aromatic carbocycles. The van der Waals surface area contributed by atoms with Crippen molar-refractivity contribution in [3.05, 3.63) is 112 Å². The lowest BCUT2D eigenvalue weighted by molar-refractivity contribution is -0.0505. The summed E-state index contributed by atoms with van der Waals surface area (Å²) in [4.78, 5) is 19.7. The molecule has 0 amide bonds. The molecule has 3 aliphatic carbocycles. The molecule has 0 bridgehead atoms. The van der Waals surface area contributed by atoms with Gasteiger partial charge in [0.25, 0.3) is 0 Å². The van der Waals surface area contributed by atoms with E-state index in [0.29, 0.717) is 69.2 Å². The normalized spacial score (nSPS) is 28.6. The Morgan fingerprint density at radius 2 is 1.67 bits per heavy atom. The van der Waals surface area contributed by atoms with E-state index in [4.69, 9.17) is 14.3 Å². The van der Waals surface area contributed by atoms with Gasteiger partial charge in [0.05, 0.1) is 24.3 Å². The van der Waals surface area contributed by atoms with Gasteiger partial charge in [-0.1, -0.05) is 31.2 Å². The summed E-state index contributed by atoms with van der Waals surface area (Å²) >= 11 is 0. The quantitative estimate of drug-likeness (QED) is 0.135. The van der Waals surface area contributed by atoms with Gasteiger partial charge in [0.1, 0.15) is 28.7 Å². The minimum Gasteiger partial charge on any atom is -0.508 e. The van der Waals surface area contributed by atoms with Crippen LogP contribution in [0.15, 0.2) is 72.8 Å². The van der Waals surface area contributed by atoms with Crippen LogP contribution in [0.3, 0.4) is 0 Å². The first-order valence-electron chi connectivity index (χ1n) is 16.8. The molecule has 246 valence electrons. The summed E-state index contributed by atoms with van der Waals surface area (Å²) in [5, 5.41) is 41.6. The van der Waals surface area contributed by atoms with Crippen LogP contribution in [0.25, 0.3) is 0 Å². The Morgan fingerprint density at radius 3 is 2.42 bits per heavy atom. The standard InChI is InChI=1S/C39H37NO8/c1-38-14-13-26-25-10-8-24(15-20(25)5-9-27(26)31(38)18-32(43)36(38)44)48-40-19-21-3-2-4-30-35(21)37(45)47-39(30)28-11-6-22(41)16-33(28)46-34-17-23(42)7-12-29(34)39/h2-4,6-8,10-12,15-17,26-27,31-32,36,40-44H,5,9,13-14,18-19H2,1H3/t26?,27?,31?,32-,36+,38+/m1/s1. The average Bonchev–Trinajstić information content (AvgIpc) is 3.50. The number of esters is 1. The molecule has 5 N–H and O–H groups in total. The van der Waals surface area contributed by atoms with Crippen molar-refractivity contribution >= 4 is 5.97 Å². The van der Waals surface area contributed by atoms with Crippen molar-refractivity contribution in [1.82, 2.24) is 5.48 Å². The number of aliphatic hydroxyl groups is 2. The SMILES string of the molecule is C[C@]12CCC3c4ccc(ONCc5cccc6c5C(=O)OC65c6ccc(O)cc6Oc6cc(O)ccc65)cc4CCC3C1C[C@@H](O)[C@@H]2O. The van der Waals surface area contributed by atoms with E-state index in [9.17, 15) is 25.2 Å². The minimum atomic E-state index is -1.32. The Hall–Kier alpha value is -4.57. The summed E-state index contributed by atoms with van der Waals surface area (Å²) in [6.07, 6.45) is 3.28. The third-order valence-corrected chi connectivity index (χ3v) is 12.0. The summed E-state index contributed by atoms with van der Waals surface area (Å²) in [5.41, 5.74) is 7.08. The molecular weight excluding hydrogens is 610 g/mol. The Labute approximate surface area is 277 Å². The van der Waals surface area contributed by atoms with Crippen molar-refractivity contribution in [2.75, 3.05) is 0 Å². The second kappa shape index (κ2) is 10.5. The molecule has 3 unspecified atom stereocenters. The zero-order valence-electron chi connectivity index (χ0n) is 26.5. The van der Waals surface area contributed by atoms with Gasteiger partial charge in [0, 0.05) is 28.8 Å². The number of benzene rings is 4. The number of carbonyl (C=O) groups excluding carboxylic acids is 1. The predicted octanol–water partition coefficient (Wildman–Crippen LogP) is 5.94. The van der Waals surface area contributed by atoms with Gasteiger partial charge >= 0.3 is 5.97 Å². The molecule has 2 heterocycles. The fourth-order valence-corrected chi connectivity index (χ4v) is 9.77. The van der Waals surface area contributed by atoms with Crippen LogP contribution in [0.5, 0.6) is 28.7 Å². The minimum absolute atomic E-state index is 0.00404. The van der Waals surface area contributed by atoms with E-state index in [0.717, 1.165) is 25.7 Å². The topological polar surface area (TPSA) is 138 Å². The molecule has 9 nitrogen and oxygen atoms in total. The van der Waals surface area contributed by atoms with Crippen molar-refractivity contribution in [2.45, 2.75) is 69.3 Å². The highest BCUT2D eigenvalue weighted by Crippen LogP contribution is 2.61. The van der Waals surface area contributed by atoms with Gasteiger partial charge in [-0.25, -0.2) is 4.79 Å². The number of aliphatic hydroxyl groups excluding tert-OH is 2. The number of nitrogens with one attached hydrogen (secondary N) is 1. The lowest BCUT2D eigenvalue weighted by Gasteiger charge is -2.49. The average molecular weight is 648 g/mol. The van der Waals surface area contributed by atoms with Crippen molar-refractivity contribution in [2.24, 2.45) is 17.3 Å². The van der Waals surface area contributed by atoms with E-state index in [1.807, 2.05) is 24.3 Å². The van der Waals surface area contributed by atoms with Gasteiger partial charge < -0.3 is 34.7 Å². The fraction of sp³-hybridized carbons (Fsp3) is 0.359. The molecule has 6 atom stereocenters. The second-order valence-electron chi connectivity index (χ2n) is 14.4. The molecule has 0 aromatic heterocycles. The number of aromatic hydroxyl groups is 2. The van der Waals surface area contributed by atoms with Crippen LogP contribution in [0, 0.1) is 17.3 Å². The van der Waals surface area contributed by atoms with Gasteiger partial charge in [-0.15, -0.1) is 0 Å². The van der Waals surface area contributed by atoms with Crippen LogP contribution in [-0.2, 0) is 23.3 Å². The molecule has 1 spiro atoms. The lowest BCUT2D eigenvalue weighted by Crippen LogP contribution is -2.44. The first kappa shape index (κ1) is 29.6. The Morgan fingerprint density at radius 1 is 0.917 bits per heavy atom. The molecule has 2 aliphatic heterocycles. The van der Waals surface area contributed by atoms with Crippen LogP contribution in [0.2, 0.25) is 0 Å². The fourth-order valence-electron chi connectivity index (χ4n) is 9.77. The van der Waals surface area contributed by atoms with E-state index in [2.05, 4.69) is 24.5 Å². The molecule has 2 saturated carbocycles. The predicted molar refractivity (Wildman–Crippen MR) is 174 cm³/mol. The van der Waals surface area contributed by atoms with Crippen molar-refractivity contribution in [3.8, 4) is 28.7 Å². The number of hydroxylamine groups is 1. The molecule has 4 aromatic rings. The largest absolute Gasteiger partial charge is 0.508 e. The van der Waals surface area contributed by atoms with Crippen LogP contribution in [-0.4, -0.2) is 38.6 Å². The smallest absolute Gasteiger partial charge is 0.340 e. The lowest BCUT2D eigenvalue weighted by atomic mass is 9.55. The molecule has 2 fully saturated rings. The summed E-state index contributed by atoms with van der Waals surface area (Å²) in [7, 11) is 0. The van der Waals surface area contributed by atoms with E-state index in [1.165, 1.54) is 35.4 Å². The van der Waals surface area contributed by atoms with Gasteiger partial charge in [-0.05, 0) is 108 Å². The summed E-state index contributed by atoms with van der Waals surface area (Å²) < 4.78 is 12.3. The number of fused-ring (bicyclic) bond motifs is 11. The highest BCUT2D eigenvalue weighted by Gasteiger charge is 2.58. The number of ether oxygens (including phenoxy) is 2. The molecule has 9 heteroatoms. The Bertz CT molecular complexity index is 1940. The van der Waals surface area contributed by atoms with E-state index in [-0.39, 0.29) is 23.5 Å². The molecule has 0 radical (unpaired) electrons. The van der Waals surface area contributed by atoms with Crippen LogP contribution in [0.1, 0.15) is 82.3 Å². The Kier molecular flexibility index (Phi) is 6.44. The van der Waals surface area contributed by atoms with E-state index < -0.39 is 23.8 Å². The highest BCUT2D eigenvalue weighted by molar-refractivity contribution is 5.98. The van der Waals surface area contributed by atoms with Gasteiger partial charge in [-0.3, -0.25) is 0 Å². The monoisotopic (exact) mass is 647 g/mol. The zero-order chi connectivity index (χ0) is 32.9. The molecular formula is C39H37NO8. The van der Waals surface area contributed by atoms with Gasteiger partial charge in [0.15, 0.2) is 5.60 Å². The van der Waals surface area contributed by atoms with Gasteiger partial charge in [-0.2, -0.15) is 5.48 Å². The number of hydrogen-bond acceptors (Lipinski definition) is 9. The number of hydrogen-bond donors (Lipinski definition) is 5. The maximum atomic E-state index is 13.7. The summed E-state index contributed by atoms with van der Waals surface area (Å²) in [5.74, 6) is 2.09. The molecule has 9 rings (SSSR count). The van der Waals surface area contributed by atoms with Crippen molar-refractivity contribution in [3.63, 3.8) is 0 Å². The number of rotatable bonds is 4. The maximum Gasteiger partial charge on any atom is 0.340 e. The van der Waals surface area contributed by atoms with Gasteiger partial charge in [0.2, 0.25) is 0 Å². The van der Waals surface area contributed by atoms with E-state index in [1.54, 1.807) is 12.1 Å². The first-order valence-corrected chi connectivity index (χ1v) is 16.8. The van der Waals surface area contributed by atoms with Crippen LogP contribution < -0.4 is 15.1 Å². The Balaban J connectivity index is 0.972. The van der Waals surface area contributed by atoms with Crippen molar-refractivity contribution < 1.29 is 39.5 Å². The zero-order valence-corrected chi connectivity index (χ0v) is 26.5. The maximum absolute atomic E-state index is 13.7. The molecule has 48 heavy (non-hydrogen) atoms. The third kappa shape index (κ3) is 4.11. The summed E-state index contributed by atoms with van der Waals surface area (Å²) in [6, 6.07) is 21.3.